The largest absolute Gasteiger partial charge is 0.504 e. The Balaban J connectivity index is 1.83. The van der Waals surface area contributed by atoms with E-state index < -0.39 is 5.60 Å². The van der Waals surface area contributed by atoms with Crippen LogP contribution in [0.3, 0.4) is 0 Å². The fourth-order valence-corrected chi connectivity index (χ4v) is 2.21. The number of aliphatic hydroxyl groups is 1. The molecule has 1 aliphatic heterocycles. The second-order valence-electron chi connectivity index (χ2n) is 4.95. The van der Waals surface area contributed by atoms with E-state index in [1.54, 1.807) is 12.1 Å². The Kier molecular flexibility index (Phi) is 4.63. The number of nitrogens with one attached hydrogen (secondary N) is 1. The lowest BCUT2D eigenvalue weighted by molar-refractivity contribution is -0.0617. The Morgan fingerprint density at radius 3 is 2.74 bits per heavy atom. The van der Waals surface area contributed by atoms with E-state index in [1.165, 1.54) is 7.11 Å². The van der Waals surface area contributed by atoms with Gasteiger partial charge >= 0.3 is 0 Å². The van der Waals surface area contributed by atoms with E-state index in [0.29, 0.717) is 44.9 Å². The smallest absolute Gasteiger partial charge is 0.160 e. The highest BCUT2D eigenvalue weighted by molar-refractivity contribution is 5.41. The summed E-state index contributed by atoms with van der Waals surface area (Å²) >= 11 is 0. The number of ether oxygens (including phenoxy) is 2. The number of phenols is 1. The fraction of sp³-hybridized carbons (Fsp3) is 0.571. The topological polar surface area (TPSA) is 71.0 Å². The molecule has 1 aromatic carbocycles. The van der Waals surface area contributed by atoms with Gasteiger partial charge in [-0.2, -0.15) is 0 Å². The van der Waals surface area contributed by atoms with Crippen LogP contribution >= 0.6 is 0 Å². The van der Waals surface area contributed by atoms with Gasteiger partial charge in [0, 0.05) is 39.1 Å². The number of aromatic hydroxyl groups is 1. The first kappa shape index (κ1) is 14.1. The Labute approximate surface area is 113 Å². The second-order valence-corrected chi connectivity index (χ2v) is 4.95. The van der Waals surface area contributed by atoms with Gasteiger partial charge in [0.1, 0.15) is 0 Å². The first-order chi connectivity index (χ1) is 9.13. The quantitative estimate of drug-likeness (QED) is 0.743. The lowest BCUT2D eigenvalue weighted by atomic mass is 9.94. The van der Waals surface area contributed by atoms with Gasteiger partial charge < -0.3 is 25.0 Å². The molecule has 5 nitrogen and oxygen atoms in total. The van der Waals surface area contributed by atoms with Crippen LogP contribution in [0.4, 0.5) is 0 Å². The van der Waals surface area contributed by atoms with Crippen molar-refractivity contribution in [2.24, 2.45) is 0 Å². The average molecular weight is 267 g/mol. The molecule has 0 amide bonds. The summed E-state index contributed by atoms with van der Waals surface area (Å²) in [7, 11) is 1.52. The van der Waals surface area contributed by atoms with Gasteiger partial charge in [0.2, 0.25) is 0 Å². The van der Waals surface area contributed by atoms with Gasteiger partial charge in [-0.3, -0.25) is 0 Å². The lowest BCUT2D eigenvalue weighted by Crippen LogP contribution is -2.44. The summed E-state index contributed by atoms with van der Waals surface area (Å²) in [5.74, 6) is 0.596. The molecule has 0 aliphatic carbocycles. The van der Waals surface area contributed by atoms with E-state index in [-0.39, 0.29) is 5.75 Å². The fourth-order valence-electron chi connectivity index (χ4n) is 2.21. The molecule has 0 aromatic heterocycles. The molecule has 0 spiro atoms. The SMILES string of the molecule is COc1ccc(CNCC2(O)CCOCC2)cc1O. The summed E-state index contributed by atoms with van der Waals surface area (Å²) in [6.07, 6.45) is 1.32. The van der Waals surface area contributed by atoms with Gasteiger partial charge in [-0.25, -0.2) is 0 Å². The zero-order chi connectivity index (χ0) is 13.7. The third-order valence-corrected chi connectivity index (χ3v) is 3.45. The second kappa shape index (κ2) is 6.23. The summed E-state index contributed by atoms with van der Waals surface area (Å²) < 4.78 is 10.2. The lowest BCUT2D eigenvalue weighted by Gasteiger charge is -2.32. The molecule has 106 valence electrons. The maximum atomic E-state index is 10.3. The number of benzene rings is 1. The van der Waals surface area contributed by atoms with Gasteiger partial charge in [-0.05, 0) is 17.7 Å². The van der Waals surface area contributed by atoms with Crippen LogP contribution in [-0.4, -0.2) is 42.7 Å². The van der Waals surface area contributed by atoms with Crippen LogP contribution in [-0.2, 0) is 11.3 Å². The van der Waals surface area contributed by atoms with Crippen molar-refractivity contribution in [3.63, 3.8) is 0 Å². The van der Waals surface area contributed by atoms with Crippen LogP contribution in [0.15, 0.2) is 18.2 Å². The van der Waals surface area contributed by atoms with E-state index in [2.05, 4.69) is 5.32 Å². The summed E-state index contributed by atoms with van der Waals surface area (Å²) in [4.78, 5) is 0. The van der Waals surface area contributed by atoms with Crippen LogP contribution in [0.1, 0.15) is 18.4 Å². The van der Waals surface area contributed by atoms with Crippen LogP contribution in [0.2, 0.25) is 0 Å². The van der Waals surface area contributed by atoms with Crippen molar-refractivity contribution in [2.75, 3.05) is 26.9 Å². The molecule has 0 bridgehead atoms. The standard InChI is InChI=1S/C14H21NO4/c1-18-13-3-2-11(8-12(13)16)9-15-10-14(17)4-6-19-7-5-14/h2-3,8,15-17H,4-7,9-10H2,1H3. The maximum Gasteiger partial charge on any atom is 0.160 e. The zero-order valence-corrected chi connectivity index (χ0v) is 11.2. The molecule has 19 heavy (non-hydrogen) atoms. The molecular formula is C14H21NO4. The van der Waals surface area contributed by atoms with Crippen molar-refractivity contribution in [2.45, 2.75) is 25.0 Å². The van der Waals surface area contributed by atoms with Crippen LogP contribution < -0.4 is 10.1 Å². The van der Waals surface area contributed by atoms with Crippen molar-refractivity contribution >= 4 is 0 Å². The summed E-state index contributed by atoms with van der Waals surface area (Å²) in [5.41, 5.74) is 0.279. The summed E-state index contributed by atoms with van der Waals surface area (Å²) in [6, 6.07) is 5.29. The highest BCUT2D eigenvalue weighted by Crippen LogP contribution is 2.26. The Bertz CT molecular complexity index is 416. The van der Waals surface area contributed by atoms with Gasteiger partial charge in [-0.1, -0.05) is 6.07 Å². The highest BCUT2D eigenvalue weighted by atomic mass is 16.5. The van der Waals surface area contributed by atoms with Gasteiger partial charge in [0.05, 0.1) is 12.7 Å². The number of rotatable bonds is 5. The predicted octanol–water partition coefficient (Wildman–Crippen LogP) is 1.03. The molecule has 0 saturated carbocycles. The van der Waals surface area contributed by atoms with Crippen molar-refractivity contribution in [3.8, 4) is 11.5 Å². The van der Waals surface area contributed by atoms with E-state index in [9.17, 15) is 10.2 Å². The molecule has 0 radical (unpaired) electrons. The summed E-state index contributed by atoms with van der Waals surface area (Å²) in [5, 5.41) is 23.2. The molecule has 2 rings (SSSR count). The van der Waals surface area contributed by atoms with Crippen molar-refractivity contribution < 1.29 is 19.7 Å². The number of phenolic OH excluding ortho intramolecular Hbond substituents is 1. The third-order valence-electron chi connectivity index (χ3n) is 3.45. The van der Waals surface area contributed by atoms with Crippen molar-refractivity contribution in [1.82, 2.24) is 5.32 Å². The third kappa shape index (κ3) is 3.83. The molecule has 1 fully saturated rings. The Morgan fingerprint density at radius 2 is 2.11 bits per heavy atom. The van der Waals surface area contributed by atoms with E-state index >= 15 is 0 Å². The number of hydrogen-bond acceptors (Lipinski definition) is 5. The van der Waals surface area contributed by atoms with E-state index in [4.69, 9.17) is 9.47 Å². The van der Waals surface area contributed by atoms with Crippen LogP contribution in [0.25, 0.3) is 0 Å². The normalized spacial score (nSPS) is 18.2. The Hall–Kier alpha value is -1.30. The molecule has 0 atom stereocenters. The minimum atomic E-state index is -0.674. The predicted molar refractivity (Wildman–Crippen MR) is 71.4 cm³/mol. The van der Waals surface area contributed by atoms with Crippen LogP contribution in [0, 0.1) is 0 Å². The van der Waals surface area contributed by atoms with Crippen LogP contribution in [0.5, 0.6) is 11.5 Å². The Morgan fingerprint density at radius 1 is 1.37 bits per heavy atom. The maximum absolute atomic E-state index is 10.3. The van der Waals surface area contributed by atoms with Gasteiger partial charge in [-0.15, -0.1) is 0 Å². The molecule has 3 N–H and O–H groups in total. The molecule has 5 heteroatoms. The van der Waals surface area contributed by atoms with Crippen molar-refractivity contribution in [1.29, 1.82) is 0 Å². The summed E-state index contributed by atoms with van der Waals surface area (Å²) in [6.45, 7) is 2.35. The molecule has 0 unspecified atom stereocenters. The molecule has 1 aromatic rings. The van der Waals surface area contributed by atoms with Gasteiger partial charge in [0.25, 0.3) is 0 Å². The van der Waals surface area contributed by atoms with Gasteiger partial charge in [0.15, 0.2) is 11.5 Å². The average Bonchev–Trinajstić information content (AvgIpc) is 2.39. The molecule has 1 saturated heterocycles. The molecule has 1 heterocycles. The van der Waals surface area contributed by atoms with E-state index in [1.807, 2.05) is 6.07 Å². The zero-order valence-electron chi connectivity index (χ0n) is 11.2. The monoisotopic (exact) mass is 267 g/mol. The molecule has 1 aliphatic rings. The number of methoxy groups -OCH3 is 1. The number of hydrogen-bond donors (Lipinski definition) is 3. The van der Waals surface area contributed by atoms with E-state index in [0.717, 1.165) is 5.56 Å². The van der Waals surface area contributed by atoms with Crippen molar-refractivity contribution in [3.05, 3.63) is 23.8 Å². The molecular weight excluding hydrogens is 246 g/mol. The first-order valence-electron chi connectivity index (χ1n) is 6.50. The minimum absolute atomic E-state index is 0.131. The first-order valence-corrected chi connectivity index (χ1v) is 6.50. The highest BCUT2D eigenvalue weighted by Gasteiger charge is 2.29. The minimum Gasteiger partial charge on any atom is -0.504 e.